The first kappa shape index (κ1) is 14.8. The van der Waals surface area contributed by atoms with Gasteiger partial charge in [0.05, 0.1) is 0 Å². The van der Waals surface area contributed by atoms with Crippen LogP contribution in [0.2, 0.25) is 0 Å². The minimum absolute atomic E-state index is 0.162. The Morgan fingerprint density at radius 1 is 1.24 bits per heavy atom. The van der Waals surface area contributed by atoms with Crippen LogP contribution in [0.25, 0.3) is 0 Å². The summed E-state index contributed by atoms with van der Waals surface area (Å²) in [4.78, 5) is 15.8. The number of anilines is 1. The fourth-order valence-corrected chi connectivity index (χ4v) is 1.74. The summed E-state index contributed by atoms with van der Waals surface area (Å²) in [5.41, 5.74) is 0.401. The quantitative estimate of drug-likeness (QED) is 0.847. The molecule has 0 saturated heterocycles. The summed E-state index contributed by atoms with van der Waals surface area (Å²) in [6, 6.07) is 6.31. The van der Waals surface area contributed by atoms with Crippen LogP contribution in [0.15, 0.2) is 36.5 Å². The number of halogens is 2. The summed E-state index contributed by atoms with van der Waals surface area (Å²) in [5.74, 6) is -2.61. The van der Waals surface area contributed by atoms with Gasteiger partial charge in [-0.25, -0.2) is 13.8 Å². The molecule has 1 aromatic carbocycles. The number of nitrogens with one attached hydrogen (secondary N) is 2. The molecule has 2 aromatic rings. The van der Waals surface area contributed by atoms with E-state index in [1.807, 2.05) is 6.92 Å². The van der Waals surface area contributed by atoms with Crippen molar-refractivity contribution in [2.75, 3.05) is 5.32 Å². The van der Waals surface area contributed by atoms with Crippen LogP contribution < -0.4 is 5.32 Å². The van der Waals surface area contributed by atoms with Gasteiger partial charge in [-0.15, -0.1) is 0 Å². The maximum atomic E-state index is 13.5. The third kappa shape index (κ3) is 3.28. The van der Waals surface area contributed by atoms with E-state index in [0.717, 1.165) is 12.1 Å². The standard InChI is InChI=1S/C15H13F2N3O/c1-2-12(18)9-6-7-13(19-8-9)20-15(21)14-10(16)4-3-5-11(14)17/h3-8,18H,2H2,1H3,(H,19,20,21). The summed E-state index contributed by atoms with van der Waals surface area (Å²) in [6.45, 7) is 1.85. The van der Waals surface area contributed by atoms with Gasteiger partial charge in [-0.3, -0.25) is 4.79 Å². The van der Waals surface area contributed by atoms with Crippen LogP contribution in [0.4, 0.5) is 14.6 Å². The Labute approximate surface area is 120 Å². The molecule has 108 valence electrons. The third-order valence-electron chi connectivity index (χ3n) is 2.90. The third-order valence-corrected chi connectivity index (χ3v) is 2.90. The van der Waals surface area contributed by atoms with E-state index in [1.165, 1.54) is 18.3 Å². The van der Waals surface area contributed by atoms with E-state index in [1.54, 1.807) is 6.07 Å². The Balaban J connectivity index is 2.18. The SMILES string of the molecule is CCC(=N)c1ccc(NC(=O)c2c(F)cccc2F)nc1. The van der Waals surface area contributed by atoms with Crippen LogP contribution in [-0.4, -0.2) is 16.6 Å². The highest BCUT2D eigenvalue weighted by molar-refractivity contribution is 6.04. The van der Waals surface area contributed by atoms with Gasteiger partial charge >= 0.3 is 0 Å². The van der Waals surface area contributed by atoms with E-state index in [4.69, 9.17) is 5.41 Å². The van der Waals surface area contributed by atoms with Gasteiger partial charge in [0.25, 0.3) is 5.91 Å². The number of nitrogens with zero attached hydrogens (tertiary/aromatic N) is 1. The van der Waals surface area contributed by atoms with Crippen molar-refractivity contribution in [1.82, 2.24) is 4.98 Å². The molecule has 0 fully saturated rings. The van der Waals surface area contributed by atoms with E-state index in [0.29, 0.717) is 17.7 Å². The lowest BCUT2D eigenvalue weighted by molar-refractivity contribution is 0.101. The fraction of sp³-hybridized carbons (Fsp3) is 0.133. The molecule has 0 spiro atoms. The normalized spacial score (nSPS) is 10.2. The van der Waals surface area contributed by atoms with Gasteiger partial charge in [0.1, 0.15) is 23.0 Å². The van der Waals surface area contributed by atoms with Crippen molar-refractivity contribution in [3.05, 3.63) is 59.3 Å². The molecule has 0 atom stereocenters. The maximum absolute atomic E-state index is 13.5. The van der Waals surface area contributed by atoms with Gasteiger partial charge in [0, 0.05) is 17.5 Å². The molecule has 0 aliphatic carbocycles. The monoisotopic (exact) mass is 289 g/mol. The number of rotatable bonds is 4. The van der Waals surface area contributed by atoms with Crippen molar-refractivity contribution in [2.45, 2.75) is 13.3 Å². The van der Waals surface area contributed by atoms with Crippen LogP contribution >= 0.6 is 0 Å². The van der Waals surface area contributed by atoms with Gasteiger partial charge in [0.15, 0.2) is 0 Å². The smallest absolute Gasteiger partial charge is 0.262 e. The zero-order valence-electron chi connectivity index (χ0n) is 11.3. The number of aromatic nitrogens is 1. The van der Waals surface area contributed by atoms with Crippen LogP contribution in [0.5, 0.6) is 0 Å². The number of amides is 1. The summed E-state index contributed by atoms with van der Waals surface area (Å²) < 4.78 is 26.9. The molecule has 0 aliphatic heterocycles. The molecule has 0 saturated carbocycles. The van der Waals surface area contributed by atoms with Crippen LogP contribution in [0.3, 0.4) is 0 Å². The molecule has 2 rings (SSSR count). The first-order valence-corrected chi connectivity index (χ1v) is 6.32. The molecule has 0 bridgehead atoms. The average molecular weight is 289 g/mol. The Hall–Kier alpha value is -2.63. The highest BCUT2D eigenvalue weighted by Gasteiger charge is 2.17. The second-order valence-electron chi connectivity index (χ2n) is 4.32. The topological polar surface area (TPSA) is 65.8 Å². The van der Waals surface area contributed by atoms with Crippen molar-refractivity contribution in [3.8, 4) is 0 Å². The molecule has 6 heteroatoms. The maximum Gasteiger partial charge on any atom is 0.262 e. The molecule has 0 aliphatic rings. The van der Waals surface area contributed by atoms with E-state index in [9.17, 15) is 13.6 Å². The first-order chi connectivity index (χ1) is 10.0. The van der Waals surface area contributed by atoms with Gasteiger partial charge in [-0.1, -0.05) is 13.0 Å². The molecule has 0 radical (unpaired) electrons. The Bertz CT molecular complexity index is 664. The van der Waals surface area contributed by atoms with Gasteiger partial charge < -0.3 is 10.7 Å². The lowest BCUT2D eigenvalue weighted by atomic mass is 10.1. The average Bonchev–Trinajstić information content (AvgIpc) is 2.47. The number of pyridine rings is 1. The number of carbonyl (C=O) groups is 1. The summed E-state index contributed by atoms with van der Waals surface area (Å²) in [6.07, 6.45) is 1.99. The van der Waals surface area contributed by atoms with Crippen molar-refractivity contribution in [2.24, 2.45) is 0 Å². The van der Waals surface area contributed by atoms with Crippen molar-refractivity contribution in [3.63, 3.8) is 0 Å². The summed E-state index contributed by atoms with van der Waals surface area (Å²) in [7, 11) is 0. The molecule has 1 amide bonds. The van der Waals surface area contributed by atoms with Crippen LogP contribution in [0, 0.1) is 17.0 Å². The Kier molecular flexibility index (Phi) is 4.37. The molecule has 21 heavy (non-hydrogen) atoms. The van der Waals surface area contributed by atoms with Crippen LogP contribution in [-0.2, 0) is 0 Å². The molecular weight excluding hydrogens is 276 g/mol. The number of carbonyl (C=O) groups excluding carboxylic acids is 1. The zero-order valence-corrected chi connectivity index (χ0v) is 11.3. The first-order valence-electron chi connectivity index (χ1n) is 6.32. The predicted octanol–water partition coefficient (Wildman–Crippen LogP) is 3.39. The molecule has 2 N–H and O–H groups in total. The molecule has 0 unspecified atom stereocenters. The lowest BCUT2D eigenvalue weighted by Crippen LogP contribution is -2.16. The number of benzene rings is 1. The van der Waals surface area contributed by atoms with Crippen molar-refractivity contribution >= 4 is 17.4 Å². The highest BCUT2D eigenvalue weighted by Crippen LogP contribution is 2.14. The second kappa shape index (κ2) is 6.21. The van der Waals surface area contributed by atoms with Crippen molar-refractivity contribution < 1.29 is 13.6 Å². The number of hydrogen-bond donors (Lipinski definition) is 2. The van der Waals surface area contributed by atoms with Gasteiger partial charge in [-0.2, -0.15) is 0 Å². The summed E-state index contributed by atoms with van der Waals surface area (Å²) >= 11 is 0. The molecular formula is C15H13F2N3O. The second-order valence-corrected chi connectivity index (χ2v) is 4.32. The minimum Gasteiger partial charge on any atom is -0.306 e. The Morgan fingerprint density at radius 3 is 2.43 bits per heavy atom. The fourth-order valence-electron chi connectivity index (χ4n) is 1.74. The summed E-state index contributed by atoms with van der Waals surface area (Å²) in [5, 5.41) is 9.98. The molecule has 1 aromatic heterocycles. The van der Waals surface area contributed by atoms with E-state index in [2.05, 4.69) is 10.3 Å². The Morgan fingerprint density at radius 2 is 1.90 bits per heavy atom. The largest absolute Gasteiger partial charge is 0.306 e. The van der Waals surface area contributed by atoms with E-state index in [-0.39, 0.29) is 5.82 Å². The molecule has 4 nitrogen and oxygen atoms in total. The van der Waals surface area contributed by atoms with Gasteiger partial charge in [-0.05, 0) is 30.7 Å². The van der Waals surface area contributed by atoms with Crippen LogP contribution in [0.1, 0.15) is 29.3 Å². The zero-order chi connectivity index (χ0) is 15.4. The highest BCUT2D eigenvalue weighted by atomic mass is 19.1. The minimum atomic E-state index is -0.933. The predicted molar refractivity (Wildman–Crippen MR) is 75.7 cm³/mol. The lowest BCUT2D eigenvalue weighted by Gasteiger charge is -2.07. The van der Waals surface area contributed by atoms with E-state index >= 15 is 0 Å². The van der Waals surface area contributed by atoms with Gasteiger partial charge in [0.2, 0.25) is 0 Å². The van der Waals surface area contributed by atoms with E-state index < -0.39 is 23.1 Å². The molecule has 1 heterocycles. The number of hydrogen-bond acceptors (Lipinski definition) is 3. The van der Waals surface area contributed by atoms with Crippen molar-refractivity contribution in [1.29, 1.82) is 5.41 Å².